The number of rotatable bonds is 5. The Hall–Kier alpha value is -0.340. The lowest BCUT2D eigenvalue weighted by molar-refractivity contribution is 0.0826. The summed E-state index contributed by atoms with van der Waals surface area (Å²) in [4.78, 5) is 0. The highest BCUT2D eigenvalue weighted by Crippen LogP contribution is 1.90. The van der Waals surface area contributed by atoms with Crippen molar-refractivity contribution in [2.45, 2.75) is 26.4 Å². The molecule has 2 heteroatoms. The van der Waals surface area contributed by atoms with Crippen molar-refractivity contribution in [3.05, 3.63) is 12.2 Å². The first-order valence-electron chi connectivity index (χ1n) is 3.74. The molecule has 2 N–H and O–H groups in total. The molecular formula is C8H17NO. The van der Waals surface area contributed by atoms with Crippen molar-refractivity contribution in [1.29, 1.82) is 0 Å². The van der Waals surface area contributed by atoms with E-state index in [2.05, 4.69) is 0 Å². The van der Waals surface area contributed by atoms with Crippen LogP contribution in [0.25, 0.3) is 0 Å². The Balaban J connectivity index is 2.97. The molecule has 60 valence electrons. The highest BCUT2D eigenvalue weighted by molar-refractivity contribution is 4.81. The fourth-order valence-electron chi connectivity index (χ4n) is 0.586. The molecule has 0 atom stereocenters. The first-order chi connectivity index (χ1) is 4.77. The zero-order valence-corrected chi connectivity index (χ0v) is 6.84. The molecule has 0 spiro atoms. The van der Waals surface area contributed by atoms with Gasteiger partial charge in [0.25, 0.3) is 0 Å². The molecule has 0 rings (SSSR count). The molecule has 0 aromatic heterocycles. The van der Waals surface area contributed by atoms with Gasteiger partial charge in [-0.1, -0.05) is 12.2 Å². The Labute approximate surface area is 63.1 Å². The van der Waals surface area contributed by atoms with Gasteiger partial charge in [-0.2, -0.15) is 0 Å². The maximum Gasteiger partial charge on any atom is 0.0519 e. The lowest BCUT2D eigenvalue weighted by atomic mass is 10.4. The number of ether oxygens (including phenoxy) is 1. The van der Waals surface area contributed by atoms with Crippen LogP contribution >= 0.6 is 0 Å². The quantitative estimate of drug-likeness (QED) is 0.465. The number of hydrogen-bond acceptors (Lipinski definition) is 2. The molecule has 0 heterocycles. The molecule has 0 radical (unpaired) electrons. The van der Waals surface area contributed by atoms with Crippen LogP contribution < -0.4 is 5.73 Å². The largest absolute Gasteiger partial charge is 0.378 e. The summed E-state index contributed by atoms with van der Waals surface area (Å²) in [6.07, 6.45) is 5.30. The second kappa shape index (κ2) is 6.78. The van der Waals surface area contributed by atoms with Gasteiger partial charge in [-0.05, 0) is 20.3 Å². The van der Waals surface area contributed by atoms with Crippen molar-refractivity contribution in [2.24, 2.45) is 5.73 Å². The highest BCUT2D eigenvalue weighted by Gasteiger charge is 1.88. The van der Waals surface area contributed by atoms with Gasteiger partial charge in [-0.15, -0.1) is 0 Å². The van der Waals surface area contributed by atoms with Crippen molar-refractivity contribution >= 4 is 0 Å². The normalized spacial score (nSPS) is 11.6. The molecular weight excluding hydrogens is 126 g/mol. The fraction of sp³-hybridized carbons (Fsp3) is 0.750. The van der Waals surface area contributed by atoms with E-state index in [1.54, 1.807) is 0 Å². The lowest BCUT2D eigenvalue weighted by Gasteiger charge is -2.03. The van der Waals surface area contributed by atoms with Crippen LogP contribution in [-0.2, 0) is 4.74 Å². The van der Waals surface area contributed by atoms with Crippen LogP contribution in [0.3, 0.4) is 0 Å². The van der Waals surface area contributed by atoms with Gasteiger partial charge in [0.05, 0.1) is 12.7 Å². The Morgan fingerprint density at radius 3 is 2.60 bits per heavy atom. The second-order valence-corrected chi connectivity index (χ2v) is 2.42. The zero-order valence-electron chi connectivity index (χ0n) is 6.84. The van der Waals surface area contributed by atoms with Crippen molar-refractivity contribution in [3.63, 3.8) is 0 Å². The molecule has 0 saturated carbocycles. The molecule has 10 heavy (non-hydrogen) atoms. The Morgan fingerprint density at radius 1 is 1.40 bits per heavy atom. The Bertz CT molecular complexity index is 89.3. The van der Waals surface area contributed by atoms with Crippen molar-refractivity contribution < 1.29 is 4.74 Å². The average Bonchev–Trinajstić information content (AvgIpc) is 1.87. The van der Waals surface area contributed by atoms with E-state index in [0.29, 0.717) is 12.6 Å². The van der Waals surface area contributed by atoms with Gasteiger partial charge in [0, 0.05) is 6.54 Å². The van der Waals surface area contributed by atoms with E-state index in [0.717, 1.165) is 13.0 Å². The average molecular weight is 143 g/mol. The van der Waals surface area contributed by atoms with Crippen LogP contribution in [0, 0.1) is 0 Å². The van der Waals surface area contributed by atoms with Crippen LogP contribution in [0.15, 0.2) is 12.2 Å². The fourth-order valence-corrected chi connectivity index (χ4v) is 0.586. The molecule has 0 aliphatic carbocycles. The monoisotopic (exact) mass is 143 g/mol. The minimum absolute atomic E-state index is 0.339. The third-order valence-corrected chi connectivity index (χ3v) is 1.04. The first-order valence-corrected chi connectivity index (χ1v) is 3.74. The van der Waals surface area contributed by atoms with E-state index in [1.807, 2.05) is 26.0 Å². The smallest absolute Gasteiger partial charge is 0.0519 e. The third-order valence-electron chi connectivity index (χ3n) is 1.04. The molecule has 0 aliphatic heterocycles. The van der Waals surface area contributed by atoms with E-state index in [1.165, 1.54) is 0 Å². The molecule has 2 nitrogen and oxygen atoms in total. The third kappa shape index (κ3) is 7.66. The summed E-state index contributed by atoms with van der Waals surface area (Å²) in [5.41, 5.74) is 5.24. The van der Waals surface area contributed by atoms with Gasteiger partial charge in [0.2, 0.25) is 0 Å². The summed E-state index contributed by atoms with van der Waals surface area (Å²) in [7, 11) is 0. The molecule has 0 aromatic rings. The molecule has 0 aliphatic rings. The van der Waals surface area contributed by atoms with E-state index in [4.69, 9.17) is 10.5 Å². The zero-order chi connectivity index (χ0) is 7.82. The molecule has 0 aromatic carbocycles. The van der Waals surface area contributed by atoms with Crippen LogP contribution in [0.5, 0.6) is 0 Å². The number of nitrogens with two attached hydrogens (primary N) is 1. The van der Waals surface area contributed by atoms with Crippen LogP contribution in [0.2, 0.25) is 0 Å². The summed E-state index contributed by atoms with van der Waals surface area (Å²) in [5, 5.41) is 0. The van der Waals surface area contributed by atoms with Crippen LogP contribution in [0.4, 0.5) is 0 Å². The van der Waals surface area contributed by atoms with E-state index < -0.39 is 0 Å². The summed E-state index contributed by atoms with van der Waals surface area (Å²) in [6.45, 7) is 5.50. The predicted molar refractivity (Wildman–Crippen MR) is 43.9 cm³/mol. The summed E-state index contributed by atoms with van der Waals surface area (Å²) in [5.74, 6) is 0. The van der Waals surface area contributed by atoms with Gasteiger partial charge in [-0.25, -0.2) is 0 Å². The van der Waals surface area contributed by atoms with E-state index in [9.17, 15) is 0 Å². The summed E-state index contributed by atoms with van der Waals surface area (Å²) < 4.78 is 5.30. The minimum atomic E-state index is 0.339. The predicted octanol–water partition coefficient (Wildman–Crippen LogP) is 1.32. The second-order valence-electron chi connectivity index (χ2n) is 2.42. The van der Waals surface area contributed by atoms with E-state index in [-0.39, 0.29) is 0 Å². The maximum absolute atomic E-state index is 5.30. The van der Waals surface area contributed by atoms with Crippen LogP contribution in [-0.4, -0.2) is 19.3 Å². The lowest BCUT2D eigenvalue weighted by Crippen LogP contribution is -2.02. The van der Waals surface area contributed by atoms with Gasteiger partial charge in [0.15, 0.2) is 0 Å². The highest BCUT2D eigenvalue weighted by atomic mass is 16.5. The summed E-state index contributed by atoms with van der Waals surface area (Å²) in [6, 6.07) is 0. The van der Waals surface area contributed by atoms with E-state index >= 15 is 0 Å². The van der Waals surface area contributed by atoms with Crippen molar-refractivity contribution in [2.75, 3.05) is 13.2 Å². The minimum Gasteiger partial charge on any atom is -0.378 e. The Morgan fingerprint density at radius 2 is 2.10 bits per heavy atom. The molecule has 0 fully saturated rings. The maximum atomic E-state index is 5.30. The van der Waals surface area contributed by atoms with Gasteiger partial charge >= 0.3 is 0 Å². The molecule has 0 saturated heterocycles. The van der Waals surface area contributed by atoms with Crippen molar-refractivity contribution in [3.8, 4) is 0 Å². The van der Waals surface area contributed by atoms with Gasteiger partial charge in [0.1, 0.15) is 0 Å². The van der Waals surface area contributed by atoms with Gasteiger partial charge < -0.3 is 10.5 Å². The topological polar surface area (TPSA) is 35.2 Å². The van der Waals surface area contributed by atoms with Crippen LogP contribution in [0.1, 0.15) is 20.3 Å². The molecule has 0 bridgehead atoms. The standard InChI is InChI=1S/C8H17NO/c1-8(2)10-7-5-3-4-6-9/h3-4,8H,5-7,9H2,1-2H3/b4-3+. The SMILES string of the molecule is CC(C)OCC/C=C/CN. The number of hydrogen-bond donors (Lipinski definition) is 1. The first kappa shape index (κ1) is 9.66. The molecule has 0 amide bonds. The van der Waals surface area contributed by atoms with Gasteiger partial charge in [-0.3, -0.25) is 0 Å². The Kier molecular flexibility index (Phi) is 6.55. The molecule has 0 unspecified atom stereocenters. The summed E-state index contributed by atoms with van der Waals surface area (Å²) >= 11 is 0. The van der Waals surface area contributed by atoms with Crippen molar-refractivity contribution in [1.82, 2.24) is 0 Å².